The van der Waals surface area contributed by atoms with Gasteiger partial charge in [0, 0.05) is 6.07 Å². The number of para-hydroxylation sites is 1. The molecule has 0 atom stereocenters. The van der Waals surface area contributed by atoms with Crippen molar-refractivity contribution in [2.45, 2.75) is 6.61 Å². The molecule has 0 aliphatic rings. The van der Waals surface area contributed by atoms with Crippen LogP contribution < -0.4 is 9.47 Å². The molecule has 0 unspecified atom stereocenters. The lowest BCUT2D eigenvalue weighted by Gasteiger charge is -2.08. The van der Waals surface area contributed by atoms with E-state index in [0.29, 0.717) is 16.9 Å². The Morgan fingerprint density at radius 2 is 2.00 bits per heavy atom. The summed E-state index contributed by atoms with van der Waals surface area (Å²) in [5, 5.41) is 19.9. The van der Waals surface area contributed by atoms with Crippen LogP contribution in [0, 0.1) is 21.4 Å². The van der Waals surface area contributed by atoms with E-state index in [9.17, 15) is 10.1 Å². The van der Waals surface area contributed by atoms with Crippen LogP contribution in [0.15, 0.2) is 42.5 Å². The Morgan fingerprint density at radius 3 is 2.67 bits per heavy atom. The molecule has 2 aromatic rings. The van der Waals surface area contributed by atoms with Crippen molar-refractivity contribution in [1.82, 2.24) is 0 Å². The van der Waals surface area contributed by atoms with E-state index in [2.05, 4.69) is 0 Å². The maximum absolute atomic E-state index is 10.9. The lowest BCUT2D eigenvalue weighted by atomic mass is 10.2. The maximum Gasteiger partial charge on any atom is 0.311 e. The Balaban J connectivity index is 2.19. The van der Waals surface area contributed by atoms with E-state index in [0.717, 1.165) is 0 Å². The molecule has 0 aliphatic carbocycles. The summed E-state index contributed by atoms with van der Waals surface area (Å²) in [7, 11) is 1.38. The Morgan fingerprint density at radius 1 is 1.24 bits per heavy atom. The fourth-order valence-corrected chi connectivity index (χ4v) is 1.81. The molecular formula is C15H12N2O4. The van der Waals surface area contributed by atoms with Crippen molar-refractivity contribution in [3.63, 3.8) is 0 Å². The van der Waals surface area contributed by atoms with Gasteiger partial charge >= 0.3 is 5.69 Å². The number of nitro benzene ring substituents is 1. The van der Waals surface area contributed by atoms with Crippen molar-refractivity contribution in [1.29, 1.82) is 5.26 Å². The molecule has 0 saturated heterocycles. The van der Waals surface area contributed by atoms with Crippen LogP contribution in [0.4, 0.5) is 5.69 Å². The molecule has 0 amide bonds. The van der Waals surface area contributed by atoms with Crippen molar-refractivity contribution in [3.8, 4) is 17.6 Å². The van der Waals surface area contributed by atoms with Gasteiger partial charge in [-0.1, -0.05) is 18.2 Å². The van der Waals surface area contributed by atoms with Crippen LogP contribution in [-0.2, 0) is 6.61 Å². The first-order valence-electron chi connectivity index (χ1n) is 6.09. The number of nitro groups is 1. The number of hydrogen-bond acceptors (Lipinski definition) is 5. The summed E-state index contributed by atoms with van der Waals surface area (Å²) in [6, 6.07) is 13.4. The number of benzene rings is 2. The molecule has 0 bridgehead atoms. The van der Waals surface area contributed by atoms with Gasteiger partial charge < -0.3 is 9.47 Å². The Bertz CT molecular complexity index is 707. The zero-order valence-corrected chi connectivity index (χ0v) is 11.3. The Hall–Kier alpha value is -3.07. The van der Waals surface area contributed by atoms with Crippen LogP contribution in [0.3, 0.4) is 0 Å². The largest absolute Gasteiger partial charge is 0.490 e. The van der Waals surface area contributed by atoms with Crippen molar-refractivity contribution in [2.75, 3.05) is 7.11 Å². The van der Waals surface area contributed by atoms with Gasteiger partial charge in [0.1, 0.15) is 18.4 Å². The first-order chi connectivity index (χ1) is 10.2. The summed E-state index contributed by atoms with van der Waals surface area (Å²) in [5.74, 6) is 0.639. The van der Waals surface area contributed by atoms with Gasteiger partial charge in [0.15, 0.2) is 5.75 Å². The van der Waals surface area contributed by atoms with Crippen molar-refractivity contribution in [3.05, 3.63) is 63.7 Å². The quantitative estimate of drug-likeness (QED) is 0.622. The highest BCUT2D eigenvalue weighted by Crippen LogP contribution is 2.28. The molecule has 2 aromatic carbocycles. The van der Waals surface area contributed by atoms with E-state index < -0.39 is 4.92 Å². The average Bonchev–Trinajstić information content (AvgIpc) is 2.52. The highest BCUT2D eigenvalue weighted by atomic mass is 16.6. The van der Waals surface area contributed by atoms with Crippen LogP contribution in [-0.4, -0.2) is 12.0 Å². The third kappa shape index (κ3) is 3.28. The lowest BCUT2D eigenvalue weighted by Crippen LogP contribution is -2.00. The van der Waals surface area contributed by atoms with Crippen LogP contribution in [0.2, 0.25) is 0 Å². The van der Waals surface area contributed by atoms with Gasteiger partial charge in [0.25, 0.3) is 0 Å². The van der Waals surface area contributed by atoms with Crippen LogP contribution in [0.5, 0.6) is 11.5 Å². The summed E-state index contributed by atoms with van der Waals surface area (Å²) < 4.78 is 10.5. The second-order valence-electron chi connectivity index (χ2n) is 4.16. The summed E-state index contributed by atoms with van der Waals surface area (Å²) in [6.07, 6.45) is 0. The van der Waals surface area contributed by atoms with Gasteiger partial charge in [-0.15, -0.1) is 0 Å². The van der Waals surface area contributed by atoms with Crippen molar-refractivity contribution >= 4 is 5.69 Å². The molecule has 0 radical (unpaired) electrons. The smallest absolute Gasteiger partial charge is 0.311 e. The first-order valence-corrected chi connectivity index (χ1v) is 6.09. The molecule has 6 nitrogen and oxygen atoms in total. The molecule has 6 heteroatoms. The summed E-state index contributed by atoms with van der Waals surface area (Å²) in [4.78, 5) is 10.4. The molecule has 0 saturated carbocycles. The lowest BCUT2D eigenvalue weighted by molar-refractivity contribution is -0.385. The third-order valence-electron chi connectivity index (χ3n) is 2.84. The summed E-state index contributed by atoms with van der Waals surface area (Å²) in [5.41, 5.74) is 0.919. The predicted octanol–water partition coefficient (Wildman–Crippen LogP) is 3.05. The molecule has 0 fully saturated rings. The highest BCUT2D eigenvalue weighted by molar-refractivity contribution is 5.49. The minimum absolute atomic E-state index is 0.118. The zero-order chi connectivity index (χ0) is 15.2. The Labute approximate surface area is 121 Å². The van der Waals surface area contributed by atoms with Crippen LogP contribution in [0.1, 0.15) is 11.1 Å². The number of nitriles is 1. The second-order valence-corrected chi connectivity index (χ2v) is 4.16. The Kier molecular flexibility index (Phi) is 4.36. The molecule has 0 heterocycles. The second kappa shape index (κ2) is 6.39. The summed E-state index contributed by atoms with van der Waals surface area (Å²) in [6.45, 7) is 0.128. The molecule has 0 aliphatic heterocycles. The van der Waals surface area contributed by atoms with Gasteiger partial charge in [-0.05, 0) is 23.8 Å². The van der Waals surface area contributed by atoms with E-state index in [-0.39, 0.29) is 18.0 Å². The average molecular weight is 284 g/mol. The molecule has 2 rings (SSSR count). The van der Waals surface area contributed by atoms with E-state index in [4.69, 9.17) is 14.7 Å². The van der Waals surface area contributed by atoms with Gasteiger partial charge in [-0.2, -0.15) is 5.26 Å². The van der Waals surface area contributed by atoms with Crippen molar-refractivity contribution in [2.24, 2.45) is 0 Å². The van der Waals surface area contributed by atoms with E-state index in [1.54, 1.807) is 30.3 Å². The molecule has 0 N–H and O–H groups in total. The fraction of sp³-hybridized carbons (Fsp3) is 0.133. The van der Waals surface area contributed by atoms with Gasteiger partial charge in [-0.3, -0.25) is 10.1 Å². The van der Waals surface area contributed by atoms with E-state index >= 15 is 0 Å². The molecule has 0 aromatic heterocycles. The van der Waals surface area contributed by atoms with Crippen LogP contribution in [0.25, 0.3) is 0 Å². The number of nitrogens with zero attached hydrogens (tertiary/aromatic N) is 2. The van der Waals surface area contributed by atoms with Crippen LogP contribution >= 0.6 is 0 Å². The van der Waals surface area contributed by atoms with Gasteiger partial charge in [-0.25, -0.2) is 0 Å². The monoisotopic (exact) mass is 284 g/mol. The fourth-order valence-electron chi connectivity index (χ4n) is 1.81. The van der Waals surface area contributed by atoms with Crippen molar-refractivity contribution < 1.29 is 14.4 Å². The first kappa shape index (κ1) is 14.3. The van der Waals surface area contributed by atoms with E-state index in [1.807, 2.05) is 6.07 Å². The molecule has 21 heavy (non-hydrogen) atoms. The topological polar surface area (TPSA) is 85.4 Å². The maximum atomic E-state index is 10.9. The number of rotatable bonds is 5. The standard InChI is InChI=1S/C15H12N2O4/c1-20-15-7-6-11(8-13(15)17(18)19)10-21-14-5-3-2-4-12(14)9-16/h2-8H,10H2,1H3. The SMILES string of the molecule is COc1ccc(COc2ccccc2C#N)cc1[N+](=O)[O-]. The third-order valence-corrected chi connectivity index (χ3v) is 2.84. The zero-order valence-electron chi connectivity index (χ0n) is 11.3. The van der Waals surface area contributed by atoms with Gasteiger partial charge in [0.2, 0.25) is 0 Å². The predicted molar refractivity (Wildman–Crippen MR) is 75.1 cm³/mol. The number of hydrogen-bond donors (Lipinski definition) is 0. The summed E-state index contributed by atoms with van der Waals surface area (Å²) >= 11 is 0. The molecule has 0 spiro atoms. The van der Waals surface area contributed by atoms with E-state index in [1.165, 1.54) is 19.2 Å². The highest BCUT2D eigenvalue weighted by Gasteiger charge is 2.15. The molecular weight excluding hydrogens is 272 g/mol. The normalized spacial score (nSPS) is 9.71. The minimum atomic E-state index is -0.508. The number of ether oxygens (including phenoxy) is 2. The number of methoxy groups -OCH3 is 1. The minimum Gasteiger partial charge on any atom is -0.490 e. The molecule has 106 valence electrons. The van der Waals surface area contributed by atoms with Gasteiger partial charge in [0.05, 0.1) is 17.6 Å².